The molecule has 0 aliphatic carbocycles. The van der Waals surface area contributed by atoms with Crippen molar-refractivity contribution in [3.63, 3.8) is 0 Å². The van der Waals surface area contributed by atoms with Gasteiger partial charge in [0.1, 0.15) is 12.6 Å². The quantitative estimate of drug-likeness (QED) is 0.378. The van der Waals surface area contributed by atoms with E-state index in [2.05, 4.69) is 21.2 Å². The number of rotatable bonds is 11. The molecular formula is C23H28BrCl2N3O4S. The van der Waals surface area contributed by atoms with E-state index in [1.165, 1.54) is 23.1 Å². The third-order valence-corrected chi connectivity index (χ3v) is 7.25. The maximum Gasteiger partial charge on any atom is 0.244 e. The summed E-state index contributed by atoms with van der Waals surface area (Å²) < 4.78 is 26.9. The molecule has 0 unspecified atom stereocenters. The molecule has 0 heterocycles. The molecule has 0 aliphatic heterocycles. The van der Waals surface area contributed by atoms with Crippen LogP contribution in [0.1, 0.15) is 32.3 Å². The summed E-state index contributed by atoms with van der Waals surface area (Å²) in [6.07, 6.45) is 2.72. The highest BCUT2D eigenvalue weighted by molar-refractivity contribution is 9.10. The van der Waals surface area contributed by atoms with Gasteiger partial charge in [-0.15, -0.1) is 0 Å². The Morgan fingerprint density at radius 1 is 1.15 bits per heavy atom. The first-order valence-corrected chi connectivity index (χ1v) is 14.1. The number of amides is 2. The summed E-state index contributed by atoms with van der Waals surface area (Å²) in [5.41, 5.74) is 0.913. The predicted molar refractivity (Wildman–Crippen MR) is 141 cm³/mol. The maximum atomic E-state index is 13.5. The maximum absolute atomic E-state index is 13.5. The smallest absolute Gasteiger partial charge is 0.244 e. The van der Waals surface area contributed by atoms with E-state index < -0.39 is 28.5 Å². The van der Waals surface area contributed by atoms with Crippen molar-refractivity contribution < 1.29 is 18.0 Å². The van der Waals surface area contributed by atoms with E-state index >= 15 is 0 Å². The molecule has 0 aromatic heterocycles. The number of hydrogen-bond donors (Lipinski definition) is 1. The molecule has 0 spiro atoms. The van der Waals surface area contributed by atoms with Crippen molar-refractivity contribution in [3.05, 3.63) is 62.5 Å². The van der Waals surface area contributed by atoms with Gasteiger partial charge in [0, 0.05) is 22.6 Å². The van der Waals surface area contributed by atoms with Crippen molar-refractivity contribution in [1.82, 2.24) is 10.2 Å². The highest BCUT2D eigenvalue weighted by Crippen LogP contribution is 2.30. The van der Waals surface area contributed by atoms with Gasteiger partial charge in [-0.25, -0.2) is 8.42 Å². The fourth-order valence-electron chi connectivity index (χ4n) is 3.23. The molecule has 0 radical (unpaired) electrons. The van der Waals surface area contributed by atoms with Crippen molar-refractivity contribution in [2.75, 3.05) is 23.7 Å². The van der Waals surface area contributed by atoms with Crippen LogP contribution in [0.2, 0.25) is 10.0 Å². The van der Waals surface area contributed by atoms with Gasteiger partial charge in [0.25, 0.3) is 0 Å². The summed E-state index contributed by atoms with van der Waals surface area (Å²) in [6.45, 7) is 3.72. The number of unbranched alkanes of at least 4 members (excludes halogenated alkanes) is 1. The van der Waals surface area contributed by atoms with Crippen LogP contribution < -0.4 is 9.62 Å². The van der Waals surface area contributed by atoms with Crippen LogP contribution in [0.5, 0.6) is 0 Å². The summed E-state index contributed by atoms with van der Waals surface area (Å²) in [7, 11) is -3.87. The average molecular weight is 593 g/mol. The van der Waals surface area contributed by atoms with E-state index in [1.54, 1.807) is 6.92 Å². The summed E-state index contributed by atoms with van der Waals surface area (Å²) in [5.74, 6) is -0.859. The van der Waals surface area contributed by atoms with Gasteiger partial charge in [-0.3, -0.25) is 13.9 Å². The van der Waals surface area contributed by atoms with E-state index in [0.717, 1.165) is 33.4 Å². The molecule has 2 aromatic rings. The molecule has 1 N–H and O–H groups in total. The van der Waals surface area contributed by atoms with Gasteiger partial charge < -0.3 is 10.2 Å². The van der Waals surface area contributed by atoms with Crippen LogP contribution in [0, 0.1) is 0 Å². The fourth-order valence-corrected chi connectivity index (χ4v) is 5.10. The molecule has 2 aromatic carbocycles. The molecule has 0 fully saturated rings. The number of nitrogens with one attached hydrogen (secondary N) is 1. The predicted octanol–water partition coefficient (Wildman–Crippen LogP) is 4.86. The summed E-state index contributed by atoms with van der Waals surface area (Å²) in [4.78, 5) is 27.6. The summed E-state index contributed by atoms with van der Waals surface area (Å²) in [5, 5.41) is 3.26. The van der Waals surface area contributed by atoms with Crippen LogP contribution in [0.4, 0.5) is 5.69 Å². The number of anilines is 1. The van der Waals surface area contributed by atoms with E-state index in [9.17, 15) is 18.0 Å². The third-order valence-electron chi connectivity index (χ3n) is 5.10. The van der Waals surface area contributed by atoms with Crippen LogP contribution in [0.25, 0.3) is 0 Å². The van der Waals surface area contributed by atoms with E-state index in [4.69, 9.17) is 23.2 Å². The molecule has 11 heteroatoms. The normalized spacial score (nSPS) is 12.2. The van der Waals surface area contributed by atoms with Gasteiger partial charge in [-0.05, 0) is 49.2 Å². The first kappa shape index (κ1) is 28.4. The zero-order valence-corrected chi connectivity index (χ0v) is 23.1. The zero-order chi connectivity index (χ0) is 25.5. The Kier molecular flexibility index (Phi) is 10.7. The minimum atomic E-state index is -3.87. The monoisotopic (exact) mass is 591 g/mol. The molecule has 1 atom stereocenters. The van der Waals surface area contributed by atoms with Crippen LogP contribution >= 0.6 is 39.1 Å². The molecule has 7 nitrogen and oxygen atoms in total. The van der Waals surface area contributed by atoms with Crippen molar-refractivity contribution in [2.45, 2.75) is 39.3 Å². The zero-order valence-electron chi connectivity index (χ0n) is 19.2. The van der Waals surface area contributed by atoms with Crippen molar-refractivity contribution >= 4 is 66.7 Å². The van der Waals surface area contributed by atoms with Crippen molar-refractivity contribution in [2.24, 2.45) is 0 Å². The molecule has 2 rings (SSSR count). The minimum absolute atomic E-state index is 0.0922. The Labute approximate surface area is 219 Å². The Hall–Kier alpha value is -1.81. The van der Waals surface area contributed by atoms with Gasteiger partial charge in [0.15, 0.2) is 0 Å². The lowest BCUT2D eigenvalue weighted by Gasteiger charge is -2.31. The standard InChI is InChI=1S/C23H28BrCl2N3O4S/c1-4-5-11-27-23(31)16(2)28(14-17-7-6-8-18(24)12-17)22(30)15-29(34(3,32)33)21-10-9-19(25)13-20(21)26/h6-10,12-13,16H,4-5,11,14-15H2,1-3H3,(H,27,31)/t16-/m0/s1. The lowest BCUT2D eigenvalue weighted by atomic mass is 10.1. The van der Waals surface area contributed by atoms with Crippen LogP contribution in [0.3, 0.4) is 0 Å². The van der Waals surface area contributed by atoms with Crippen LogP contribution in [-0.4, -0.2) is 50.5 Å². The highest BCUT2D eigenvalue weighted by atomic mass is 79.9. The third kappa shape index (κ3) is 8.15. The number of halogens is 3. The first-order chi connectivity index (χ1) is 15.9. The number of hydrogen-bond acceptors (Lipinski definition) is 4. The van der Waals surface area contributed by atoms with Gasteiger partial charge >= 0.3 is 0 Å². The number of sulfonamides is 1. The lowest BCUT2D eigenvalue weighted by molar-refractivity contribution is -0.139. The number of carbonyl (C=O) groups excluding carboxylic acids is 2. The number of carbonyl (C=O) groups is 2. The molecular weight excluding hydrogens is 565 g/mol. The van der Waals surface area contributed by atoms with Crippen LogP contribution in [-0.2, 0) is 26.2 Å². The second-order valence-corrected chi connectivity index (χ2v) is 11.5. The second-order valence-electron chi connectivity index (χ2n) is 7.84. The van der Waals surface area contributed by atoms with Crippen LogP contribution in [0.15, 0.2) is 46.9 Å². The van der Waals surface area contributed by atoms with E-state index in [1.807, 2.05) is 31.2 Å². The van der Waals surface area contributed by atoms with Crippen molar-refractivity contribution in [1.29, 1.82) is 0 Å². The van der Waals surface area contributed by atoms with Gasteiger partial charge in [-0.2, -0.15) is 0 Å². The average Bonchev–Trinajstić information content (AvgIpc) is 2.75. The SMILES string of the molecule is CCCCNC(=O)[C@H](C)N(Cc1cccc(Br)c1)C(=O)CN(c1ccc(Cl)cc1Cl)S(C)(=O)=O. The molecule has 0 aliphatic rings. The molecule has 186 valence electrons. The fraction of sp³-hybridized carbons (Fsp3) is 0.391. The van der Waals surface area contributed by atoms with E-state index in [0.29, 0.717) is 11.6 Å². The second kappa shape index (κ2) is 12.8. The lowest BCUT2D eigenvalue weighted by Crippen LogP contribution is -2.51. The number of nitrogens with zero attached hydrogens (tertiary/aromatic N) is 2. The van der Waals surface area contributed by atoms with Crippen molar-refractivity contribution in [3.8, 4) is 0 Å². The molecule has 0 bridgehead atoms. The van der Waals surface area contributed by atoms with Gasteiger partial charge in [0.05, 0.1) is 17.0 Å². The topological polar surface area (TPSA) is 86.8 Å². The van der Waals surface area contributed by atoms with Gasteiger partial charge in [0.2, 0.25) is 21.8 Å². The Bertz CT molecular complexity index is 1130. The van der Waals surface area contributed by atoms with E-state index in [-0.39, 0.29) is 23.2 Å². The number of benzene rings is 2. The largest absolute Gasteiger partial charge is 0.354 e. The summed E-state index contributed by atoms with van der Waals surface area (Å²) in [6, 6.07) is 10.9. The highest BCUT2D eigenvalue weighted by Gasteiger charge is 2.30. The molecule has 0 saturated heterocycles. The van der Waals surface area contributed by atoms with Gasteiger partial charge in [-0.1, -0.05) is 64.6 Å². The molecule has 0 saturated carbocycles. The Morgan fingerprint density at radius 3 is 2.44 bits per heavy atom. The minimum Gasteiger partial charge on any atom is -0.354 e. The Morgan fingerprint density at radius 2 is 1.85 bits per heavy atom. The molecule has 2 amide bonds. The summed E-state index contributed by atoms with van der Waals surface area (Å²) >= 11 is 15.6. The first-order valence-electron chi connectivity index (χ1n) is 10.7. The Balaban J connectivity index is 2.38. The molecule has 34 heavy (non-hydrogen) atoms.